The number of ketones is 1. The second-order valence-corrected chi connectivity index (χ2v) is 5.00. The van der Waals surface area contributed by atoms with Crippen molar-refractivity contribution in [1.82, 2.24) is 0 Å². The number of carbonyl (C=O) groups is 1. The summed E-state index contributed by atoms with van der Waals surface area (Å²) in [7, 11) is 0. The van der Waals surface area contributed by atoms with Crippen molar-refractivity contribution in [3.05, 3.63) is 69.2 Å². The summed E-state index contributed by atoms with van der Waals surface area (Å²) >= 11 is 3.31. The van der Waals surface area contributed by atoms with Crippen molar-refractivity contribution in [3.8, 4) is 0 Å². The van der Waals surface area contributed by atoms with Gasteiger partial charge in [-0.2, -0.15) is 0 Å². The van der Waals surface area contributed by atoms with Crippen LogP contribution in [0.25, 0.3) is 0 Å². The number of aryl methyl sites for hydroxylation is 1. The zero-order valence-electron chi connectivity index (χ0n) is 10.4. The van der Waals surface area contributed by atoms with Crippen molar-refractivity contribution < 1.29 is 9.59 Å². The lowest BCUT2D eigenvalue weighted by Crippen LogP contribution is -2.06. The Hall–Kier alpha value is -1.74. The molecule has 0 aromatic heterocycles. The summed E-state index contributed by atoms with van der Waals surface area (Å²) in [5.41, 5.74) is 2.38. The zero-order valence-corrected chi connectivity index (χ0v) is 12.0. The van der Waals surface area contributed by atoms with E-state index in [2.05, 4.69) is 22.9 Å². The summed E-state index contributed by atoms with van der Waals surface area (Å²) in [5.74, 6) is -0.173. The minimum absolute atomic E-state index is 0.173. The van der Waals surface area contributed by atoms with Crippen LogP contribution in [0.4, 0.5) is 0 Å². The van der Waals surface area contributed by atoms with Crippen LogP contribution in [0.3, 0.4) is 0 Å². The SMILES string of the molecule is CCc1ccc(C(=O)c2c(Br)cccc2[C]=O)cc1. The van der Waals surface area contributed by atoms with Gasteiger partial charge in [-0.15, -0.1) is 0 Å². The second-order valence-electron chi connectivity index (χ2n) is 4.14. The summed E-state index contributed by atoms with van der Waals surface area (Å²) in [6.45, 7) is 2.06. The molecule has 0 bridgehead atoms. The van der Waals surface area contributed by atoms with Gasteiger partial charge in [0.1, 0.15) is 0 Å². The number of hydrogen-bond donors (Lipinski definition) is 0. The maximum Gasteiger partial charge on any atom is 0.234 e. The van der Waals surface area contributed by atoms with Crippen molar-refractivity contribution in [1.29, 1.82) is 0 Å². The van der Waals surface area contributed by atoms with E-state index >= 15 is 0 Å². The largest absolute Gasteiger partial charge is 0.289 e. The normalized spacial score (nSPS) is 10.2. The molecule has 0 amide bonds. The molecule has 0 aliphatic carbocycles. The topological polar surface area (TPSA) is 34.1 Å². The second kappa shape index (κ2) is 5.93. The molecule has 3 heteroatoms. The number of halogens is 1. The Morgan fingerprint density at radius 2 is 1.84 bits per heavy atom. The molecule has 0 saturated carbocycles. The molecule has 19 heavy (non-hydrogen) atoms. The first-order valence-electron chi connectivity index (χ1n) is 5.97. The van der Waals surface area contributed by atoms with E-state index < -0.39 is 0 Å². The fraction of sp³-hybridized carbons (Fsp3) is 0.125. The third-order valence-electron chi connectivity index (χ3n) is 2.98. The van der Waals surface area contributed by atoms with E-state index in [0.717, 1.165) is 6.42 Å². The number of carbonyl (C=O) groups excluding carboxylic acids is 2. The maximum atomic E-state index is 12.4. The molecule has 0 unspecified atom stereocenters. The van der Waals surface area contributed by atoms with E-state index in [1.807, 2.05) is 18.4 Å². The molecule has 0 aliphatic rings. The number of rotatable bonds is 4. The molecule has 0 spiro atoms. The molecule has 2 aromatic rings. The van der Waals surface area contributed by atoms with Gasteiger partial charge < -0.3 is 0 Å². The van der Waals surface area contributed by atoms with Crippen LogP contribution in [0.15, 0.2) is 46.9 Å². The highest BCUT2D eigenvalue weighted by atomic mass is 79.9. The lowest BCUT2D eigenvalue weighted by Gasteiger charge is -2.07. The Morgan fingerprint density at radius 1 is 1.16 bits per heavy atom. The van der Waals surface area contributed by atoms with Gasteiger partial charge in [-0.05, 0) is 18.1 Å². The molecule has 0 atom stereocenters. The van der Waals surface area contributed by atoms with Gasteiger partial charge in [0, 0.05) is 21.2 Å². The van der Waals surface area contributed by atoms with Gasteiger partial charge in [0.05, 0.1) is 0 Å². The first-order valence-corrected chi connectivity index (χ1v) is 6.77. The van der Waals surface area contributed by atoms with Crippen LogP contribution in [-0.4, -0.2) is 12.1 Å². The first kappa shape index (κ1) is 13.7. The van der Waals surface area contributed by atoms with Crippen LogP contribution in [-0.2, 0) is 11.2 Å². The summed E-state index contributed by atoms with van der Waals surface area (Å²) in [4.78, 5) is 23.4. The van der Waals surface area contributed by atoms with Crippen LogP contribution >= 0.6 is 15.9 Å². The van der Waals surface area contributed by atoms with Crippen LogP contribution < -0.4 is 0 Å². The van der Waals surface area contributed by atoms with Crippen molar-refractivity contribution in [2.24, 2.45) is 0 Å². The predicted octanol–water partition coefficient (Wildman–Crippen LogP) is 3.70. The van der Waals surface area contributed by atoms with Crippen LogP contribution in [0.1, 0.15) is 34.0 Å². The Labute approximate surface area is 120 Å². The lowest BCUT2D eigenvalue weighted by atomic mass is 9.98. The molecule has 2 rings (SSSR count). The van der Waals surface area contributed by atoms with E-state index in [4.69, 9.17) is 0 Å². The molecular weight excluding hydrogens is 304 g/mol. The van der Waals surface area contributed by atoms with Gasteiger partial charge in [-0.1, -0.05) is 59.3 Å². The van der Waals surface area contributed by atoms with E-state index in [0.29, 0.717) is 15.6 Å². The highest BCUT2D eigenvalue weighted by Gasteiger charge is 2.16. The van der Waals surface area contributed by atoms with Crippen molar-refractivity contribution >= 4 is 28.0 Å². The average molecular weight is 316 g/mol. The smallest absolute Gasteiger partial charge is 0.234 e. The van der Waals surface area contributed by atoms with Crippen molar-refractivity contribution in [3.63, 3.8) is 0 Å². The third kappa shape index (κ3) is 2.82. The van der Waals surface area contributed by atoms with E-state index in [1.54, 1.807) is 30.3 Å². The van der Waals surface area contributed by atoms with E-state index in [9.17, 15) is 9.59 Å². The quantitative estimate of drug-likeness (QED) is 0.806. The van der Waals surface area contributed by atoms with Gasteiger partial charge >= 0.3 is 0 Å². The summed E-state index contributed by atoms with van der Waals surface area (Å²) in [6.07, 6.45) is 2.74. The third-order valence-corrected chi connectivity index (χ3v) is 3.64. The van der Waals surface area contributed by atoms with Crippen molar-refractivity contribution in [2.75, 3.05) is 0 Å². The van der Waals surface area contributed by atoms with Crippen LogP contribution in [0.2, 0.25) is 0 Å². The monoisotopic (exact) mass is 315 g/mol. The first-order chi connectivity index (χ1) is 9.17. The molecule has 95 valence electrons. The molecule has 2 aromatic carbocycles. The Morgan fingerprint density at radius 3 is 2.42 bits per heavy atom. The predicted molar refractivity (Wildman–Crippen MR) is 78.2 cm³/mol. The highest BCUT2D eigenvalue weighted by Crippen LogP contribution is 2.23. The molecule has 0 saturated heterocycles. The molecule has 1 radical (unpaired) electrons. The van der Waals surface area contributed by atoms with Crippen LogP contribution in [0.5, 0.6) is 0 Å². The van der Waals surface area contributed by atoms with Crippen molar-refractivity contribution in [2.45, 2.75) is 13.3 Å². The van der Waals surface area contributed by atoms with E-state index in [-0.39, 0.29) is 11.3 Å². The number of hydrogen-bond acceptors (Lipinski definition) is 2. The highest BCUT2D eigenvalue weighted by molar-refractivity contribution is 9.10. The summed E-state index contributed by atoms with van der Waals surface area (Å²) in [5, 5.41) is 0. The lowest BCUT2D eigenvalue weighted by molar-refractivity contribution is 0.103. The molecule has 0 heterocycles. The number of benzene rings is 2. The molecule has 0 N–H and O–H groups in total. The van der Waals surface area contributed by atoms with Gasteiger partial charge in [-0.25, -0.2) is 0 Å². The molecule has 0 aliphatic heterocycles. The maximum absolute atomic E-state index is 12.4. The Balaban J connectivity index is 2.46. The van der Waals surface area contributed by atoms with Gasteiger partial charge in [0.2, 0.25) is 6.29 Å². The van der Waals surface area contributed by atoms with Gasteiger partial charge in [-0.3, -0.25) is 9.59 Å². The Kier molecular flexibility index (Phi) is 4.27. The zero-order chi connectivity index (χ0) is 13.8. The van der Waals surface area contributed by atoms with E-state index in [1.165, 1.54) is 5.56 Å². The standard InChI is InChI=1S/C16H12BrO2/c1-2-11-6-8-12(9-7-11)16(19)15-13(10-18)4-3-5-14(15)17/h3-9H,2H2,1H3. The minimum atomic E-state index is -0.173. The molecule has 2 nitrogen and oxygen atoms in total. The average Bonchev–Trinajstić information content (AvgIpc) is 2.46. The summed E-state index contributed by atoms with van der Waals surface area (Å²) in [6, 6.07) is 12.5. The van der Waals surface area contributed by atoms with Gasteiger partial charge in [0.25, 0.3) is 0 Å². The molecular formula is C16H12BrO2. The fourth-order valence-electron chi connectivity index (χ4n) is 1.88. The summed E-state index contributed by atoms with van der Waals surface area (Å²) < 4.78 is 0.609. The van der Waals surface area contributed by atoms with Gasteiger partial charge in [0.15, 0.2) is 5.78 Å². The molecule has 0 fully saturated rings. The Bertz CT molecular complexity index is 615. The fourth-order valence-corrected chi connectivity index (χ4v) is 2.42. The van der Waals surface area contributed by atoms with Crippen LogP contribution in [0, 0.1) is 0 Å². The minimum Gasteiger partial charge on any atom is -0.289 e.